The molecule has 0 radical (unpaired) electrons. The van der Waals surface area contributed by atoms with Crippen LogP contribution in [0.15, 0.2) is 17.3 Å². The van der Waals surface area contributed by atoms with Gasteiger partial charge < -0.3 is 0 Å². The zero-order chi connectivity index (χ0) is 11.8. The van der Waals surface area contributed by atoms with Crippen LogP contribution in [0.5, 0.6) is 0 Å². The maximum absolute atomic E-state index is 12.2. The molecule has 1 aliphatic rings. The normalized spacial score (nSPS) is 22.5. The van der Waals surface area contributed by atoms with Crippen LogP contribution in [0.4, 0.5) is 0 Å². The highest BCUT2D eigenvalue weighted by Crippen LogP contribution is 2.24. The van der Waals surface area contributed by atoms with E-state index >= 15 is 0 Å². The summed E-state index contributed by atoms with van der Waals surface area (Å²) >= 11 is 5.52. The molecule has 1 aromatic rings. The van der Waals surface area contributed by atoms with E-state index in [2.05, 4.69) is 9.97 Å². The second-order valence-electron chi connectivity index (χ2n) is 3.79. The number of hydrogen-bond donors (Lipinski definition) is 0. The van der Waals surface area contributed by atoms with Crippen LogP contribution >= 0.6 is 11.6 Å². The Morgan fingerprint density at radius 1 is 1.44 bits per heavy atom. The van der Waals surface area contributed by atoms with Crippen LogP contribution in [-0.2, 0) is 10.0 Å². The lowest BCUT2D eigenvalue weighted by atomic mass is 10.3. The Kier molecular flexibility index (Phi) is 3.14. The van der Waals surface area contributed by atoms with Crippen molar-refractivity contribution in [2.24, 2.45) is 0 Å². The van der Waals surface area contributed by atoms with Crippen molar-refractivity contribution in [1.29, 1.82) is 0 Å². The lowest BCUT2D eigenvalue weighted by Crippen LogP contribution is -2.33. The molecular weight excluding hydrogens is 250 g/mol. The fraction of sp³-hybridized carbons (Fsp3) is 0.556. The van der Waals surface area contributed by atoms with Crippen LogP contribution in [0.1, 0.15) is 19.8 Å². The van der Waals surface area contributed by atoms with Gasteiger partial charge in [0, 0.05) is 12.6 Å². The first-order valence-corrected chi connectivity index (χ1v) is 6.83. The Bertz CT molecular complexity index is 474. The summed E-state index contributed by atoms with van der Waals surface area (Å²) in [6, 6.07) is 0.0423. The Balaban J connectivity index is 2.35. The molecule has 0 amide bonds. The molecule has 5 nitrogen and oxygen atoms in total. The molecule has 0 saturated carbocycles. The van der Waals surface area contributed by atoms with Gasteiger partial charge in [-0.25, -0.2) is 18.4 Å². The largest absolute Gasteiger partial charge is 0.246 e. The van der Waals surface area contributed by atoms with Gasteiger partial charge in [-0.1, -0.05) is 0 Å². The van der Waals surface area contributed by atoms with Gasteiger partial charge in [0.25, 0.3) is 0 Å². The van der Waals surface area contributed by atoms with Gasteiger partial charge in [0.2, 0.25) is 15.3 Å². The monoisotopic (exact) mass is 261 g/mol. The van der Waals surface area contributed by atoms with E-state index in [1.807, 2.05) is 6.92 Å². The van der Waals surface area contributed by atoms with Crippen LogP contribution in [0, 0.1) is 0 Å². The van der Waals surface area contributed by atoms with E-state index in [4.69, 9.17) is 11.6 Å². The third-order valence-corrected chi connectivity index (χ3v) is 4.86. The SMILES string of the molecule is CC1CCCN1S(=O)(=O)c1cnc(Cl)nc1. The van der Waals surface area contributed by atoms with E-state index in [9.17, 15) is 8.42 Å². The summed E-state index contributed by atoms with van der Waals surface area (Å²) in [5.41, 5.74) is 0. The van der Waals surface area contributed by atoms with Crippen molar-refractivity contribution in [3.63, 3.8) is 0 Å². The van der Waals surface area contributed by atoms with Gasteiger partial charge in [0.05, 0.1) is 12.4 Å². The van der Waals surface area contributed by atoms with Crippen molar-refractivity contribution in [3.8, 4) is 0 Å². The Labute approximate surface area is 99.5 Å². The molecule has 16 heavy (non-hydrogen) atoms. The third kappa shape index (κ3) is 2.05. The molecular formula is C9H12ClN3O2S. The van der Waals surface area contributed by atoms with Crippen LogP contribution in [0.3, 0.4) is 0 Å². The fourth-order valence-electron chi connectivity index (χ4n) is 1.83. The summed E-state index contributed by atoms with van der Waals surface area (Å²) in [5.74, 6) is 0. The maximum atomic E-state index is 12.2. The molecule has 88 valence electrons. The van der Waals surface area contributed by atoms with Crippen LogP contribution in [0.2, 0.25) is 5.28 Å². The zero-order valence-corrected chi connectivity index (χ0v) is 10.4. The van der Waals surface area contributed by atoms with E-state index in [0.717, 1.165) is 12.8 Å². The van der Waals surface area contributed by atoms with Gasteiger partial charge in [-0.15, -0.1) is 0 Å². The molecule has 1 aromatic heterocycles. The third-order valence-electron chi connectivity index (χ3n) is 2.70. The zero-order valence-electron chi connectivity index (χ0n) is 8.80. The molecule has 0 bridgehead atoms. The maximum Gasteiger partial charge on any atom is 0.246 e. The molecule has 0 spiro atoms. The predicted molar refractivity (Wildman–Crippen MR) is 59.6 cm³/mol. The molecule has 1 fully saturated rings. The van der Waals surface area contributed by atoms with Gasteiger partial charge in [-0.3, -0.25) is 0 Å². The molecule has 2 heterocycles. The van der Waals surface area contributed by atoms with Crippen molar-refractivity contribution >= 4 is 21.6 Å². The smallest absolute Gasteiger partial charge is 0.225 e. The molecule has 0 aliphatic carbocycles. The number of sulfonamides is 1. The lowest BCUT2D eigenvalue weighted by Gasteiger charge is -2.20. The standard InChI is InChI=1S/C9H12ClN3O2S/c1-7-3-2-4-13(7)16(14,15)8-5-11-9(10)12-6-8/h5-7H,2-4H2,1H3. The molecule has 1 atom stereocenters. The summed E-state index contributed by atoms with van der Waals surface area (Å²) in [7, 11) is -3.45. The summed E-state index contributed by atoms with van der Waals surface area (Å²) in [5, 5.41) is 0.0495. The van der Waals surface area contributed by atoms with Gasteiger partial charge >= 0.3 is 0 Å². The van der Waals surface area contributed by atoms with Gasteiger partial charge in [0.15, 0.2) is 0 Å². The highest BCUT2D eigenvalue weighted by atomic mass is 35.5. The fourth-order valence-corrected chi connectivity index (χ4v) is 3.52. The van der Waals surface area contributed by atoms with Crippen molar-refractivity contribution in [2.75, 3.05) is 6.54 Å². The van der Waals surface area contributed by atoms with E-state index in [1.165, 1.54) is 16.7 Å². The average Bonchev–Trinajstić information content (AvgIpc) is 2.66. The predicted octanol–water partition coefficient (Wildman–Crippen LogP) is 1.30. The minimum absolute atomic E-state index is 0.0423. The van der Waals surface area contributed by atoms with E-state index < -0.39 is 10.0 Å². The molecule has 2 rings (SSSR count). The molecule has 7 heteroatoms. The van der Waals surface area contributed by atoms with Crippen molar-refractivity contribution in [2.45, 2.75) is 30.7 Å². The second kappa shape index (κ2) is 4.27. The van der Waals surface area contributed by atoms with Crippen molar-refractivity contribution < 1.29 is 8.42 Å². The summed E-state index contributed by atoms with van der Waals surface area (Å²) < 4.78 is 25.8. The highest BCUT2D eigenvalue weighted by molar-refractivity contribution is 7.89. The first-order chi connectivity index (χ1) is 7.51. The molecule has 1 saturated heterocycles. The topological polar surface area (TPSA) is 63.2 Å². The second-order valence-corrected chi connectivity index (χ2v) is 6.02. The number of halogens is 1. The van der Waals surface area contributed by atoms with Crippen molar-refractivity contribution in [1.82, 2.24) is 14.3 Å². The Hall–Kier alpha value is -0.720. The molecule has 0 aromatic carbocycles. The number of nitrogens with zero attached hydrogens (tertiary/aromatic N) is 3. The quantitative estimate of drug-likeness (QED) is 0.753. The van der Waals surface area contributed by atoms with Crippen LogP contribution in [-0.4, -0.2) is 35.3 Å². The van der Waals surface area contributed by atoms with Crippen LogP contribution < -0.4 is 0 Å². The molecule has 1 unspecified atom stereocenters. The Morgan fingerprint density at radius 3 is 2.56 bits per heavy atom. The Morgan fingerprint density at radius 2 is 2.06 bits per heavy atom. The van der Waals surface area contributed by atoms with E-state index in [-0.39, 0.29) is 16.2 Å². The number of aromatic nitrogens is 2. The molecule has 0 N–H and O–H groups in total. The van der Waals surface area contributed by atoms with Gasteiger partial charge in [-0.05, 0) is 31.4 Å². The minimum Gasteiger partial charge on any atom is -0.225 e. The van der Waals surface area contributed by atoms with E-state index in [0.29, 0.717) is 6.54 Å². The summed E-state index contributed by atoms with van der Waals surface area (Å²) in [6.45, 7) is 2.47. The van der Waals surface area contributed by atoms with Gasteiger partial charge in [0.1, 0.15) is 4.90 Å². The van der Waals surface area contributed by atoms with Crippen molar-refractivity contribution in [3.05, 3.63) is 17.7 Å². The van der Waals surface area contributed by atoms with Crippen LogP contribution in [0.25, 0.3) is 0 Å². The molecule has 1 aliphatic heterocycles. The average molecular weight is 262 g/mol. The minimum atomic E-state index is -3.45. The summed E-state index contributed by atoms with van der Waals surface area (Å²) in [4.78, 5) is 7.48. The number of rotatable bonds is 2. The number of hydrogen-bond acceptors (Lipinski definition) is 4. The lowest BCUT2D eigenvalue weighted by molar-refractivity contribution is 0.408. The summed E-state index contributed by atoms with van der Waals surface area (Å²) in [6.07, 6.45) is 4.29. The first-order valence-electron chi connectivity index (χ1n) is 5.01. The van der Waals surface area contributed by atoms with E-state index in [1.54, 1.807) is 0 Å². The van der Waals surface area contributed by atoms with Gasteiger partial charge in [-0.2, -0.15) is 4.31 Å². The highest BCUT2D eigenvalue weighted by Gasteiger charge is 2.32. The first kappa shape index (κ1) is 11.8.